The van der Waals surface area contributed by atoms with E-state index in [-0.39, 0.29) is 0 Å². The second-order valence-electron chi connectivity index (χ2n) is 6.99. The zero-order valence-electron chi connectivity index (χ0n) is 12.7. The minimum atomic E-state index is -0.574. The second-order valence-corrected chi connectivity index (χ2v) is 6.99. The number of aliphatic hydroxyl groups is 1. The van der Waals surface area contributed by atoms with Gasteiger partial charge in [-0.15, -0.1) is 0 Å². The van der Waals surface area contributed by atoms with Gasteiger partial charge in [-0.1, -0.05) is 24.3 Å². The van der Waals surface area contributed by atoms with E-state index >= 15 is 0 Å². The summed E-state index contributed by atoms with van der Waals surface area (Å²) in [4.78, 5) is 4.96. The van der Waals surface area contributed by atoms with Crippen LogP contribution in [0.25, 0.3) is 0 Å². The molecule has 0 spiro atoms. The predicted octanol–water partition coefficient (Wildman–Crippen LogP) is 1.71. The van der Waals surface area contributed by atoms with Crippen molar-refractivity contribution < 1.29 is 5.11 Å². The Kier molecular flexibility index (Phi) is 3.85. The molecule has 110 valence electrons. The zero-order chi connectivity index (χ0) is 14.2. The standard InChI is InChI=1S/C17H26N2O/c1-17(2,20)13-19-9-7-18(8-10-19)12-15-11-14-5-3-4-6-16(14)15/h3-6,15,20H,7-13H2,1-2H3. The van der Waals surface area contributed by atoms with Gasteiger partial charge in [-0.25, -0.2) is 0 Å². The molecule has 3 rings (SSSR count). The molecule has 3 nitrogen and oxygen atoms in total. The van der Waals surface area contributed by atoms with E-state index in [1.54, 1.807) is 5.56 Å². The van der Waals surface area contributed by atoms with E-state index in [2.05, 4.69) is 34.1 Å². The Labute approximate surface area is 122 Å². The smallest absolute Gasteiger partial charge is 0.0718 e. The van der Waals surface area contributed by atoms with Gasteiger partial charge in [-0.05, 0) is 31.4 Å². The molecule has 0 bridgehead atoms. The molecule has 0 saturated carbocycles. The topological polar surface area (TPSA) is 26.7 Å². The third kappa shape index (κ3) is 3.22. The number of β-amino-alcohol motifs (C(OH)–C–C–N with tert-alkyl or cyclic N) is 1. The van der Waals surface area contributed by atoms with Gasteiger partial charge in [0.25, 0.3) is 0 Å². The van der Waals surface area contributed by atoms with E-state index in [0.29, 0.717) is 0 Å². The number of fused-ring (bicyclic) bond motifs is 1. The molecule has 20 heavy (non-hydrogen) atoms. The first-order valence-corrected chi connectivity index (χ1v) is 7.76. The van der Waals surface area contributed by atoms with Crippen LogP contribution < -0.4 is 0 Å². The molecule has 0 aromatic heterocycles. The Bertz CT molecular complexity index is 458. The van der Waals surface area contributed by atoms with Crippen LogP contribution in [0.4, 0.5) is 0 Å². The largest absolute Gasteiger partial charge is 0.389 e. The SMILES string of the molecule is CC(C)(O)CN1CCN(CC2Cc3ccccc32)CC1. The Morgan fingerprint density at radius 1 is 1.10 bits per heavy atom. The van der Waals surface area contributed by atoms with Crippen molar-refractivity contribution in [2.75, 3.05) is 39.3 Å². The third-order valence-electron chi connectivity index (χ3n) is 4.52. The molecule has 1 heterocycles. The molecule has 1 unspecified atom stereocenters. The van der Waals surface area contributed by atoms with Crippen LogP contribution in [0.15, 0.2) is 24.3 Å². The predicted molar refractivity (Wildman–Crippen MR) is 82.1 cm³/mol. The molecule has 1 aliphatic heterocycles. The number of piperazine rings is 1. The lowest BCUT2D eigenvalue weighted by atomic mass is 9.77. The summed E-state index contributed by atoms with van der Waals surface area (Å²) in [6.07, 6.45) is 1.25. The van der Waals surface area contributed by atoms with Crippen molar-refractivity contribution in [2.24, 2.45) is 0 Å². The van der Waals surface area contributed by atoms with Gasteiger partial charge in [0, 0.05) is 45.2 Å². The van der Waals surface area contributed by atoms with E-state index in [1.165, 1.54) is 18.5 Å². The molecular formula is C17H26N2O. The van der Waals surface area contributed by atoms with Crippen molar-refractivity contribution in [1.82, 2.24) is 9.80 Å². The van der Waals surface area contributed by atoms with Crippen LogP contribution in [0, 0.1) is 0 Å². The van der Waals surface area contributed by atoms with Crippen molar-refractivity contribution in [3.05, 3.63) is 35.4 Å². The molecule has 0 amide bonds. The molecule has 3 heteroatoms. The van der Waals surface area contributed by atoms with Gasteiger partial charge < -0.3 is 10.0 Å². The van der Waals surface area contributed by atoms with E-state index in [4.69, 9.17) is 0 Å². The highest BCUT2D eigenvalue weighted by molar-refractivity contribution is 5.40. The Balaban J connectivity index is 1.46. The van der Waals surface area contributed by atoms with Crippen molar-refractivity contribution in [3.8, 4) is 0 Å². The summed E-state index contributed by atoms with van der Waals surface area (Å²) in [5, 5.41) is 9.88. The lowest BCUT2D eigenvalue weighted by Gasteiger charge is -2.40. The average Bonchev–Trinajstić information content (AvgIpc) is 2.36. The molecule has 1 aromatic carbocycles. The van der Waals surface area contributed by atoms with Crippen LogP contribution in [0.2, 0.25) is 0 Å². The normalized spacial score (nSPS) is 24.2. The molecule has 1 aliphatic carbocycles. The highest BCUT2D eigenvalue weighted by atomic mass is 16.3. The highest BCUT2D eigenvalue weighted by Crippen LogP contribution is 2.35. The van der Waals surface area contributed by atoms with Gasteiger partial charge in [0.05, 0.1) is 5.60 Å². The number of nitrogens with zero attached hydrogens (tertiary/aromatic N) is 2. The molecule has 0 radical (unpaired) electrons. The van der Waals surface area contributed by atoms with Crippen LogP contribution in [-0.2, 0) is 6.42 Å². The number of hydrogen-bond donors (Lipinski definition) is 1. The lowest BCUT2D eigenvalue weighted by molar-refractivity contribution is 0.0167. The number of hydrogen-bond acceptors (Lipinski definition) is 3. The summed E-state index contributed by atoms with van der Waals surface area (Å²) in [6.45, 7) is 10.2. The van der Waals surface area contributed by atoms with Gasteiger partial charge in [0.15, 0.2) is 0 Å². The molecule has 1 fully saturated rings. The molecular weight excluding hydrogens is 248 g/mol. The molecule has 1 N–H and O–H groups in total. The monoisotopic (exact) mass is 274 g/mol. The molecule has 1 saturated heterocycles. The minimum Gasteiger partial charge on any atom is -0.389 e. The summed E-state index contributed by atoms with van der Waals surface area (Å²) >= 11 is 0. The summed E-state index contributed by atoms with van der Waals surface area (Å²) < 4.78 is 0. The first-order valence-electron chi connectivity index (χ1n) is 7.76. The van der Waals surface area contributed by atoms with Crippen LogP contribution in [0.3, 0.4) is 0 Å². The Hall–Kier alpha value is -0.900. The highest BCUT2D eigenvalue weighted by Gasteiger charge is 2.29. The van der Waals surface area contributed by atoms with Crippen LogP contribution in [0.1, 0.15) is 30.9 Å². The second kappa shape index (κ2) is 5.47. The van der Waals surface area contributed by atoms with Crippen molar-refractivity contribution in [1.29, 1.82) is 0 Å². The molecule has 1 aromatic rings. The fourth-order valence-electron chi connectivity index (χ4n) is 3.51. The quantitative estimate of drug-likeness (QED) is 0.905. The van der Waals surface area contributed by atoms with E-state index in [1.807, 2.05) is 13.8 Å². The average molecular weight is 274 g/mol. The van der Waals surface area contributed by atoms with Crippen LogP contribution >= 0.6 is 0 Å². The summed E-state index contributed by atoms with van der Waals surface area (Å²) in [6, 6.07) is 8.85. The maximum Gasteiger partial charge on any atom is 0.0718 e. The summed E-state index contributed by atoms with van der Waals surface area (Å²) in [7, 11) is 0. The summed E-state index contributed by atoms with van der Waals surface area (Å²) in [5.41, 5.74) is 2.53. The molecule has 2 aliphatic rings. The zero-order valence-corrected chi connectivity index (χ0v) is 12.7. The van der Waals surface area contributed by atoms with Crippen LogP contribution in [-0.4, -0.2) is 59.8 Å². The first kappa shape index (κ1) is 14.1. The van der Waals surface area contributed by atoms with Crippen molar-refractivity contribution in [3.63, 3.8) is 0 Å². The fraction of sp³-hybridized carbons (Fsp3) is 0.647. The van der Waals surface area contributed by atoms with Gasteiger partial charge in [-0.3, -0.25) is 4.90 Å². The van der Waals surface area contributed by atoms with Gasteiger partial charge in [-0.2, -0.15) is 0 Å². The third-order valence-corrected chi connectivity index (χ3v) is 4.52. The van der Waals surface area contributed by atoms with Crippen molar-refractivity contribution >= 4 is 0 Å². The van der Waals surface area contributed by atoms with Gasteiger partial charge >= 0.3 is 0 Å². The maximum atomic E-state index is 9.88. The van der Waals surface area contributed by atoms with E-state index in [9.17, 15) is 5.11 Å². The maximum absolute atomic E-state index is 9.88. The Morgan fingerprint density at radius 2 is 1.75 bits per heavy atom. The number of benzene rings is 1. The van der Waals surface area contributed by atoms with E-state index in [0.717, 1.165) is 38.6 Å². The van der Waals surface area contributed by atoms with Crippen LogP contribution in [0.5, 0.6) is 0 Å². The first-order chi connectivity index (χ1) is 9.51. The molecule has 1 atom stereocenters. The Morgan fingerprint density at radius 3 is 2.40 bits per heavy atom. The van der Waals surface area contributed by atoms with E-state index < -0.39 is 5.60 Å². The fourth-order valence-corrected chi connectivity index (χ4v) is 3.51. The minimum absolute atomic E-state index is 0.574. The van der Waals surface area contributed by atoms with Crippen molar-refractivity contribution in [2.45, 2.75) is 31.8 Å². The summed E-state index contributed by atoms with van der Waals surface area (Å²) in [5.74, 6) is 0.743. The van der Waals surface area contributed by atoms with Gasteiger partial charge in [0.1, 0.15) is 0 Å². The van der Waals surface area contributed by atoms with Gasteiger partial charge in [0.2, 0.25) is 0 Å². The number of rotatable bonds is 4. The lowest BCUT2D eigenvalue weighted by Crippen LogP contribution is -2.51.